The lowest BCUT2D eigenvalue weighted by atomic mass is 9.81. The second kappa shape index (κ2) is 9.68. The highest BCUT2D eigenvalue weighted by molar-refractivity contribution is 9.10. The fraction of sp³-hybridized carbons (Fsp3) is 0.545. The normalized spacial score (nSPS) is 26.0. The number of carbonyl (C=O) groups is 1. The zero-order valence-electron chi connectivity index (χ0n) is 18.4. The van der Waals surface area contributed by atoms with Gasteiger partial charge in [0.25, 0.3) is 5.91 Å². The first-order chi connectivity index (χ1) is 15.3. The lowest BCUT2D eigenvalue weighted by Gasteiger charge is -2.40. The number of pyridine rings is 1. The number of nitrogen functional groups attached to an aromatic ring is 1. The Kier molecular flexibility index (Phi) is 6.92. The van der Waals surface area contributed by atoms with Crippen molar-refractivity contribution in [1.82, 2.24) is 20.3 Å². The summed E-state index contributed by atoms with van der Waals surface area (Å²) in [6.07, 6.45) is 11.5. The number of amides is 1. The highest BCUT2D eigenvalue weighted by Gasteiger charge is 2.30. The highest BCUT2D eigenvalue weighted by Crippen LogP contribution is 2.30. The van der Waals surface area contributed by atoms with Crippen LogP contribution in [-0.4, -0.2) is 51.6 Å². The third kappa shape index (κ3) is 5.54. The molecule has 1 aliphatic heterocycles. The molecule has 1 saturated heterocycles. The van der Waals surface area contributed by atoms with Crippen molar-refractivity contribution >= 4 is 39.0 Å². The van der Waals surface area contributed by atoms with Crippen molar-refractivity contribution in [2.24, 2.45) is 5.73 Å². The van der Waals surface area contributed by atoms with E-state index >= 15 is 0 Å². The summed E-state index contributed by atoms with van der Waals surface area (Å²) >= 11 is 3.24. The molecule has 2 aliphatic rings. The number of halogens is 1. The van der Waals surface area contributed by atoms with Crippen LogP contribution in [0.2, 0.25) is 0 Å². The van der Waals surface area contributed by atoms with Gasteiger partial charge >= 0.3 is 0 Å². The molecular weight excluding hydrogens is 472 g/mol. The number of nitrogens with two attached hydrogens (primary N) is 2. The number of anilines is 3. The Morgan fingerprint density at radius 2 is 2.03 bits per heavy atom. The van der Waals surface area contributed by atoms with E-state index in [1.54, 1.807) is 12.4 Å². The molecule has 172 valence electrons. The third-order valence-corrected chi connectivity index (χ3v) is 6.78. The van der Waals surface area contributed by atoms with E-state index in [4.69, 9.17) is 11.5 Å². The number of nitrogens with one attached hydrogen (secondary N) is 2. The summed E-state index contributed by atoms with van der Waals surface area (Å²) < 4.78 is 0.450. The number of piperidine rings is 1. The maximum absolute atomic E-state index is 12.8. The highest BCUT2D eigenvalue weighted by atomic mass is 79.9. The number of hydrogen-bond acceptors (Lipinski definition) is 8. The van der Waals surface area contributed by atoms with Crippen LogP contribution in [0.4, 0.5) is 17.2 Å². The second-order valence-electron chi connectivity index (χ2n) is 9.15. The molecule has 0 spiro atoms. The molecule has 1 amide bonds. The average molecular weight is 503 g/mol. The van der Waals surface area contributed by atoms with Crippen LogP contribution in [0.25, 0.3) is 0 Å². The summed E-state index contributed by atoms with van der Waals surface area (Å²) in [5.74, 6) is -0.330. The van der Waals surface area contributed by atoms with Gasteiger partial charge < -0.3 is 27.0 Å². The van der Waals surface area contributed by atoms with Gasteiger partial charge in [0.1, 0.15) is 4.60 Å². The molecule has 10 heteroatoms. The summed E-state index contributed by atoms with van der Waals surface area (Å²) in [6, 6.07) is 2.86. The van der Waals surface area contributed by atoms with Crippen LogP contribution in [0.15, 0.2) is 29.3 Å². The van der Waals surface area contributed by atoms with Crippen molar-refractivity contribution in [2.45, 2.75) is 63.1 Å². The molecule has 2 aromatic heterocycles. The van der Waals surface area contributed by atoms with E-state index in [2.05, 4.69) is 53.3 Å². The van der Waals surface area contributed by atoms with Gasteiger partial charge in [0, 0.05) is 36.9 Å². The minimum absolute atomic E-state index is 0.0248. The van der Waals surface area contributed by atoms with Crippen LogP contribution in [0, 0.1) is 0 Å². The van der Waals surface area contributed by atoms with Crippen molar-refractivity contribution in [2.75, 3.05) is 29.0 Å². The maximum atomic E-state index is 12.8. The molecule has 1 atom stereocenters. The van der Waals surface area contributed by atoms with Crippen LogP contribution in [0.5, 0.6) is 0 Å². The minimum atomic E-state index is -0.413. The number of carbonyl (C=O) groups excluding carboxylic acids is 1. The molecule has 9 nitrogen and oxygen atoms in total. The van der Waals surface area contributed by atoms with Crippen molar-refractivity contribution in [1.29, 1.82) is 0 Å². The number of nitrogens with zero attached hydrogens (tertiary/aromatic N) is 4. The Bertz CT molecular complexity index is 959. The molecule has 0 radical (unpaired) electrons. The van der Waals surface area contributed by atoms with Crippen molar-refractivity contribution in [3.8, 4) is 0 Å². The van der Waals surface area contributed by atoms with Gasteiger partial charge in [-0.2, -0.15) is 0 Å². The molecule has 0 aromatic carbocycles. The minimum Gasteiger partial charge on any atom is -0.382 e. The predicted molar refractivity (Wildman–Crippen MR) is 130 cm³/mol. The van der Waals surface area contributed by atoms with Crippen LogP contribution < -0.4 is 27.0 Å². The van der Waals surface area contributed by atoms with Gasteiger partial charge in [-0.25, -0.2) is 9.97 Å². The molecule has 1 aliphatic carbocycles. The van der Waals surface area contributed by atoms with Crippen LogP contribution in [0.3, 0.4) is 0 Å². The first-order valence-corrected chi connectivity index (χ1v) is 11.9. The van der Waals surface area contributed by atoms with E-state index in [1.807, 2.05) is 6.07 Å². The van der Waals surface area contributed by atoms with Gasteiger partial charge in [-0.05, 0) is 67.4 Å². The molecule has 32 heavy (non-hydrogen) atoms. The number of aromatic nitrogens is 3. The summed E-state index contributed by atoms with van der Waals surface area (Å²) in [4.78, 5) is 27.5. The van der Waals surface area contributed by atoms with Crippen LogP contribution in [0.1, 0.15) is 55.9 Å². The van der Waals surface area contributed by atoms with E-state index in [0.717, 1.165) is 57.3 Å². The smallest absolute Gasteiger partial charge is 0.278 e. The molecule has 2 fully saturated rings. The molecule has 3 heterocycles. The van der Waals surface area contributed by atoms with Crippen LogP contribution in [-0.2, 0) is 0 Å². The predicted octanol–water partition coefficient (Wildman–Crippen LogP) is 2.69. The molecule has 0 bridgehead atoms. The Hall–Kier alpha value is -2.30. The molecule has 4 rings (SSSR count). The van der Waals surface area contributed by atoms with E-state index in [0.29, 0.717) is 22.4 Å². The molecular formula is C22H31BrN8O. The molecule has 2 aromatic rings. The van der Waals surface area contributed by atoms with Gasteiger partial charge in [0.15, 0.2) is 11.5 Å². The van der Waals surface area contributed by atoms with E-state index in [9.17, 15) is 4.79 Å². The SMILES string of the molecule is CC1(N)CCC(NC2CCCN(c3ccncc3NC(=O)c3nc(Br)cnc3N)C2)CC1. The number of rotatable bonds is 5. The molecule has 6 N–H and O–H groups in total. The summed E-state index contributed by atoms with van der Waals surface area (Å²) in [6.45, 7) is 3.95. The monoisotopic (exact) mass is 502 g/mol. The van der Waals surface area contributed by atoms with E-state index < -0.39 is 5.91 Å². The van der Waals surface area contributed by atoms with Crippen LogP contribution >= 0.6 is 15.9 Å². The quantitative estimate of drug-likeness (QED) is 0.489. The Morgan fingerprint density at radius 1 is 1.25 bits per heavy atom. The number of hydrogen-bond donors (Lipinski definition) is 4. The average Bonchev–Trinajstić information content (AvgIpc) is 2.77. The third-order valence-electron chi connectivity index (χ3n) is 6.39. The Balaban J connectivity index is 1.43. The zero-order chi connectivity index (χ0) is 22.7. The summed E-state index contributed by atoms with van der Waals surface area (Å²) in [7, 11) is 0. The Labute approximate surface area is 196 Å². The van der Waals surface area contributed by atoms with E-state index in [-0.39, 0.29) is 17.1 Å². The van der Waals surface area contributed by atoms with Gasteiger partial charge in [-0.3, -0.25) is 9.78 Å². The van der Waals surface area contributed by atoms with Gasteiger partial charge in [0.05, 0.1) is 23.8 Å². The molecule has 1 saturated carbocycles. The summed E-state index contributed by atoms with van der Waals surface area (Å²) in [5, 5.41) is 6.77. The lowest BCUT2D eigenvalue weighted by Crippen LogP contribution is -2.52. The zero-order valence-corrected chi connectivity index (χ0v) is 19.9. The topological polar surface area (TPSA) is 135 Å². The first kappa shape index (κ1) is 22.9. The summed E-state index contributed by atoms with van der Waals surface area (Å²) in [5.41, 5.74) is 13.8. The fourth-order valence-electron chi connectivity index (χ4n) is 4.59. The van der Waals surface area contributed by atoms with Crippen molar-refractivity contribution in [3.05, 3.63) is 35.0 Å². The maximum Gasteiger partial charge on any atom is 0.278 e. The Morgan fingerprint density at radius 3 is 2.81 bits per heavy atom. The largest absolute Gasteiger partial charge is 0.382 e. The van der Waals surface area contributed by atoms with Gasteiger partial charge in [-0.15, -0.1) is 0 Å². The first-order valence-electron chi connectivity index (χ1n) is 11.1. The fourth-order valence-corrected chi connectivity index (χ4v) is 4.87. The lowest BCUT2D eigenvalue weighted by molar-refractivity contribution is 0.102. The van der Waals surface area contributed by atoms with Gasteiger partial charge in [-0.1, -0.05) is 0 Å². The van der Waals surface area contributed by atoms with Crippen molar-refractivity contribution < 1.29 is 4.79 Å². The second-order valence-corrected chi connectivity index (χ2v) is 9.97. The molecule has 1 unspecified atom stereocenters. The van der Waals surface area contributed by atoms with E-state index in [1.165, 1.54) is 6.20 Å². The van der Waals surface area contributed by atoms with Crippen molar-refractivity contribution in [3.63, 3.8) is 0 Å². The standard InChI is InChI=1S/C22H31BrN8O/c1-22(25)7-4-14(5-8-22)28-15-3-2-10-31(13-15)17-6-9-26-11-16(17)29-21(32)19-20(24)27-12-18(23)30-19/h6,9,11-12,14-15,28H,2-5,7-8,10,13,25H2,1H3,(H2,24,27)(H,29,32). The van der Waals surface area contributed by atoms with Gasteiger partial charge in [0.2, 0.25) is 0 Å².